The molecule has 4 rings (SSSR count). The molecule has 33 heavy (non-hydrogen) atoms. The Morgan fingerprint density at radius 1 is 1.27 bits per heavy atom. The van der Waals surface area contributed by atoms with Gasteiger partial charge in [0.25, 0.3) is 0 Å². The Bertz CT molecular complexity index is 1170. The van der Waals surface area contributed by atoms with Gasteiger partial charge in [-0.15, -0.1) is 17.3 Å². The van der Waals surface area contributed by atoms with E-state index in [1.165, 1.54) is 40.8 Å². The molecule has 0 spiro atoms. The van der Waals surface area contributed by atoms with Crippen molar-refractivity contribution >= 4 is 17.2 Å². The van der Waals surface area contributed by atoms with E-state index in [9.17, 15) is 4.79 Å². The molecule has 0 saturated heterocycles. The molecule has 1 aromatic heterocycles. The lowest BCUT2D eigenvalue weighted by Crippen LogP contribution is -2.26. The zero-order valence-electron chi connectivity index (χ0n) is 19.7. The molecule has 0 atom stereocenters. The molecule has 5 nitrogen and oxygen atoms in total. The number of fused-ring (bicyclic) bond motifs is 1. The van der Waals surface area contributed by atoms with Crippen LogP contribution in [0.25, 0.3) is 21.0 Å². The van der Waals surface area contributed by atoms with Crippen LogP contribution in [0.2, 0.25) is 0 Å². The maximum absolute atomic E-state index is 9.94. The normalized spacial score (nSPS) is 11.7. The molecule has 3 aromatic rings. The van der Waals surface area contributed by atoms with Crippen LogP contribution in [-0.4, -0.2) is 30.6 Å². The number of carbonyl (C=O) groups excluding carboxylic acids is 1. The zero-order valence-corrected chi connectivity index (χ0v) is 20.5. The summed E-state index contributed by atoms with van der Waals surface area (Å²) in [5.74, 6) is 6.86. The van der Waals surface area contributed by atoms with Crippen molar-refractivity contribution in [1.82, 2.24) is 10.3 Å². The Morgan fingerprint density at radius 3 is 2.76 bits per heavy atom. The topological polar surface area (TPSA) is 77.2 Å². The smallest absolute Gasteiger partial charge is 0.233 e. The number of thiazole rings is 1. The third-order valence-electron chi connectivity index (χ3n) is 5.23. The minimum Gasteiger partial charge on any atom is -0.490 e. The number of aromatic nitrogens is 1. The average Bonchev–Trinajstić information content (AvgIpc) is 3.49. The highest BCUT2D eigenvalue weighted by atomic mass is 32.1. The van der Waals surface area contributed by atoms with Gasteiger partial charge in [0, 0.05) is 18.8 Å². The first-order valence-electron chi connectivity index (χ1n) is 11.2. The van der Waals surface area contributed by atoms with Crippen LogP contribution in [0.15, 0.2) is 42.6 Å². The third kappa shape index (κ3) is 6.22. The van der Waals surface area contributed by atoms with Crippen LogP contribution < -0.4 is 15.8 Å². The summed E-state index contributed by atoms with van der Waals surface area (Å²) in [4.78, 5) is 15.9. The Hall–Kier alpha value is -3.14. The van der Waals surface area contributed by atoms with E-state index in [4.69, 9.17) is 15.5 Å². The molecular weight excluding hydrogens is 430 g/mol. The maximum atomic E-state index is 9.94. The fraction of sp³-hybridized carbons (Fsp3) is 0.333. The second kappa shape index (κ2) is 11.6. The molecule has 2 aromatic carbocycles. The molecule has 1 aliphatic rings. The van der Waals surface area contributed by atoms with E-state index in [0.717, 1.165) is 21.9 Å². The van der Waals surface area contributed by atoms with Crippen LogP contribution in [0.1, 0.15) is 43.9 Å². The van der Waals surface area contributed by atoms with Gasteiger partial charge in [0.15, 0.2) is 0 Å². The van der Waals surface area contributed by atoms with E-state index in [1.807, 2.05) is 33.0 Å². The van der Waals surface area contributed by atoms with Crippen LogP contribution in [0, 0.1) is 11.8 Å². The summed E-state index contributed by atoms with van der Waals surface area (Å²) >= 11 is 1.75. The minimum atomic E-state index is -0.130. The summed E-state index contributed by atoms with van der Waals surface area (Å²) < 4.78 is 5.89. The van der Waals surface area contributed by atoms with Gasteiger partial charge < -0.3 is 15.8 Å². The summed E-state index contributed by atoms with van der Waals surface area (Å²) in [6.07, 6.45) is 5.77. The molecule has 0 bridgehead atoms. The van der Waals surface area contributed by atoms with Gasteiger partial charge in [0.2, 0.25) is 5.91 Å². The molecule has 3 N–H and O–H groups in total. The lowest BCUT2D eigenvalue weighted by Gasteiger charge is -2.12. The van der Waals surface area contributed by atoms with Crippen molar-refractivity contribution in [1.29, 1.82) is 0 Å². The van der Waals surface area contributed by atoms with Gasteiger partial charge in [-0.3, -0.25) is 4.79 Å². The highest BCUT2D eigenvalue weighted by Gasteiger charge is 2.17. The number of nitrogens with zero attached hydrogens (tertiary/aromatic N) is 1. The van der Waals surface area contributed by atoms with E-state index >= 15 is 0 Å². The Labute approximate surface area is 200 Å². The van der Waals surface area contributed by atoms with E-state index in [2.05, 4.69) is 47.5 Å². The quantitative estimate of drug-likeness (QED) is 0.534. The van der Waals surface area contributed by atoms with Crippen molar-refractivity contribution in [2.75, 3.05) is 13.6 Å². The van der Waals surface area contributed by atoms with Crippen LogP contribution in [0.4, 0.5) is 0 Å². The van der Waals surface area contributed by atoms with E-state index in [-0.39, 0.29) is 18.6 Å². The molecule has 0 radical (unpaired) electrons. The van der Waals surface area contributed by atoms with Gasteiger partial charge in [0.1, 0.15) is 10.8 Å². The minimum absolute atomic E-state index is 0.0799. The van der Waals surface area contributed by atoms with Crippen LogP contribution in [-0.2, 0) is 17.6 Å². The number of hydrogen-bond donors (Lipinski definition) is 2. The number of amides is 1. The summed E-state index contributed by atoms with van der Waals surface area (Å²) in [5.41, 5.74) is 11.2. The van der Waals surface area contributed by atoms with E-state index in [0.29, 0.717) is 0 Å². The Kier molecular flexibility index (Phi) is 8.65. The molecule has 1 amide bonds. The number of aryl methyl sites for hydroxylation is 1. The summed E-state index contributed by atoms with van der Waals surface area (Å²) in [5, 5.41) is 3.37. The lowest BCUT2D eigenvalue weighted by molar-refractivity contribution is -0.119. The van der Waals surface area contributed by atoms with E-state index in [1.54, 1.807) is 18.4 Å². The highest BCUT2D eigenvalue weighted by Crippen LogP contribution is 2.38. The highest BCUT2D eigenvalue weighted by molar-refractivity contribution is 7.18. The molecule has 1 aliphatic carbocycles. The van der Waals surface area contributed by atoms with Crippen LogP contribution >= 0.6 is 11.3 Å². The largest absolute Gasteiger partial charge is 0.490 e. The van der Waals surface area contributed by atoms with Gasteiger partial charge >= 0.3 is 0 Å². The van der Waals surface area contributed by atoms with Crippen molar-refractivity contribution in [2.45, 2.75) is 46.1 Å². The first-order chi connectivity index (χ1) is 16.0. The number of nitrogens with two attached hydrogens (primary N) is 1. The molecule has 1 heterocycles. The number of hydrogen-bond acceptors (Lipinski definition) is 5. The number of rotatable bonds is 5. The predicted molar refractivity (Wildman–Crippen MR) is 136 cm³/mol. The van der Waals surface area contributed by atoms with Crippen molar-refractivity contribution in [3.8, 4) is 38.6 Å². The van der Waals surface area contributed by atoms with Gasteiger partial charge in [-0.2, -0.15) is 0 Å². The summed E-state index contributed by atoms with van der Waals surface area (Å²) in [7, 11) is 1.55. The maximum Gasteiger partial charge on any atom is 0.233 e. The zero-order chi connectivity index (χ0) is 23.8. The SMILES string of the molecule is CC#Cc1cc(-c2ncc(-c3cccc4c3CCC4)s2)ccc1OC(C)C.CNC(=O)CN. The number of nitrogens with one attached hydrogen (secondary N) is 1. The lowest BCUT2D eigenvalue weighted by atomic mass is 10.0. The van der Waals surface area contributed by atoms with Crippen molar-refractivity contribution in [3.05, 3.63) is 59.3 Å². The molecule has 0 saturated carbocycles. The monoisotopic (exact) mass is 461 g/mol. The van der Waals surface area contributed by atoms with Crippen molar-refractivity contribution in [3.63, 3.8) is 0 Å². The Balaban J connectivity index is 0.000000454. The standard InChI is InChI=1S/C24H23NOS.C3H8N2O/c1-4-7-18-14-19(12-13-22(18)26-16(2)3)24-25-15-23(27-24)21-11-6-9-17-8-5-10-20(17)21;1-5-3(6)2-4/h6,9,11-16H,5,8,10H2,1-3H3;2,4H2,1H3,(H,5,6). The Morgan fingerprint density at radius 2 is 2.09 bits per heavy atom. The van der Waals surface area contributed by atoms with Gasteiger partial charge in [-0.1, -0.05) is 24.1 Å². The second-order valence-corrected chi connectivity index (χ2v) is 8.99. The number of likely N-dealkylation sites (N-methyl/N-ethyl adjacent to an activating group) is 1. The average molecular weight is 462 g/mol. The fourth-order valence-corrected chi connectivity index (χ4v) is 4.70. The molecule has 172 valence electrons. The molecule has 0 fully saturated rings. The number of carbonyl (C=O) groups is 1. The van der Waals surface area contributed by atoms with Crippen molar-refractivity contribution in [2.24, 2.45) is 5.73 Å². The summed E-state index contributed by atoms with van der Waals surface area (Å²) in [6, 6.07) is 12.8. The predicted octanol–water partition coefficient (Wildman–Crippen LogP) is 4.82. The molecule has 6 heteroatoms. The van der Waals surface area contributed by atoms with Gasteiger partial charge in [-0.05, 0) is 74.9 Å². The first-order valence-corrected chi connectivity index (χ1v) is 12.0. The second-order valence-electron chi connectivity index (χ2n) is 7.96. The number of benzene rings is 2. The molecule has 0 aliphatic heterocycles. The number of ether oxygens (including phenoxy) is 1. The fourth-order valence-electron chi connectivity index (χ4n) is 3.74. The van der Waals surface area contributed by atoms with Gasteiger partial charge in [0.05, 0.1) is 23.1 Å². The van der Waals surface area contributed by atoms with Crippen molar-refractivity contribution < 1.29 is 9.53 Å². The van der Waals surface area contributed by atoms with E-state index < -0.39 is 0 Å². The first kappa shape index (κ1) is 24.5. The molecule has 0 unspecified atom stereocenters. The third-order valence-corrected chi connectivity index (χ3v) is 6.31. The van der Waals surface area contributed by atoms with Gasteiger partial charge in [-0.25, -0.2) is 4.98 Å². The van der Waals surface area contributed by atoms with Crippen LogP contribution in [0.3, 0.4) is 0 Å². The molecular formula is C27H31N3O2S. The summed E-state index contributed by atoms with van der Waals surface area (Å²) in [6.45, 7) is 5.99. The van der Waals surface area contributed by atoms with Crippen LogP contribution in [0.5, 0.6) is 5.75 Å².